The maximum Gasteiger partial charge on any atom is 0.230 e. The summed E-state index contributed by atoms with van der Waals surface area (Å²) in [5.41, 5.74) is 0.0620. The molecule has 0 aromatic heterocycles. The van der Waals surface area contributed by atoms with Crippen LogP contribution in [0.2, 0.25) is 0 Å². The Morgan fingerprint density at radius 2 is 1.76 bits per heavy atom. The summed E-state index contributed by atoms with van der Waals surface area (Å²) in [6, 6.07) is 20.2. The molecule has 4 aliphatic heterocycles. The largest absolute Gasteiger partial charge is 0.382 e. The molecule has 0 aliphatic carbocycles. The maximum absolute atomic E-state index is 6.64. The second-order valence-electron chi connectivity index (χ2n) is 8.98. The van der Waals surface area contributed by atoms with Crippen LogP contribution in [0.1, 0.15) is 12.5 Å². The molecule has 2 aromatic rings. The van der Waals surface area contributed by atoms with Gasteiger partial charge in [-0.05, 0) is 24.6 Å². The van der Waals surface area contributed by atoms with E-state index in [-0.39, 0.29) is 11.5 Å². The molecule has 4 aliphatic rings. The van der Waals surface area contributed by atoms with E-state index in [1.807, 2.05) is 55.5 Å². The Bertz CT molecular complexity index is 958. The number of methoxy groups -OCH3 is 1. The van der Waals surface area contributed by atoms with Crippen molar-refractivity contribution in [3.63, 3.8) is 0 Å². The van der Waals surface area contributed by atoms with Crippen molar-refractivity contribution in [1.29, 1.82) is 0 Å². The molecule has 8 heteroatoms. The molecule has 0 radical (unpaired) electrons. The number of fused-ring (bicyclic) bond motifs is 1. The topological polar surface area (TPSA) is 67.9 Å². The number of benzene rings is 2. The van der Waals surface area contributed by atoms with Gasteiger partial charge in [-0.1, -0.05) is 60.3 Å². The van der Waals surface area contributed by atoms with Crippen molar-refractivity contribution in [3.05, 3.63) is 66.2 Å². The van der Waals surface area contributed by atoms with Gasteiger partial charge < -0.3 is 33.2 Å². The number of epoxide rings is 1. The van der Waals surface area contributed by atoms with Gasteiger partial charge in [0.25, 0.3) is 0 Å². The summed E-state index contributed by atoms with van der Waals surface area (Å²) < 4.78 is 43.7. The van der Waals surface area contributed by atoms with E-state index in [0.29, 0.717) is 19.8 Å². The van der Waals surface area contributed by atoms with Crippen LogP contribution in [0.4, 0.5) is 0 Å². The third-order valence-corrected chi connectivity index (χ3v) is 7.85. The smallest absolute Gasteiger partial charge is 0.230 e. The van der Waals surface area contributed by atoms with E-state index in [4.69, 9.17) is 33.2 Å². The summed E-state index contributed by atoms with van der Waals surface area (Å²) in [4.78, 5) is 1.09. The van der Waals surface area contributed by atoms with Gasteiger partial charge in [0.05, 0.1) is 19.8 Å². The van der Waals surface area contributed by atoms with Gasteiger partial charge in [0.1, 0.15) is 35.5 Å². The van der Waals surface area contributed by atoms with E-state index in [9.17, 15) is 0 Å². The lowest BCUT2D eigenvalue weighted by atomic mass is 9.93. The Morgan fingerprint density at radius 3 is 2.45 bits per heavy atom. The minimum Gasteiger partial charge on any atom is -0.382 e. The van der Waals surface area contributed by atoms with Crippen molar-refractivity contribution in [3.8, 4) is 0 Å². The fraction of sp³-hybridized carbons (Fsp3) is 0.520. The Morgan fingerprint density at radius 1 is 1.03 bits per heavy atom. The van der Waals surface area contributed by atoms with E-state index in [0.717, 1.165) is 10.5 Å². The molecule has 0 N–H and O–H groups in total. The van der Waals surface area contributed by atoms with Crippen LogP contribution < -0.4 is 0 Å². The highest BCUT2D eigenvalue weighted by Gasteiger charge is 2.76. The first-order chi connectivity index (χ1) is 16.1. The van der Waals surface area contributed by atoms with Crippen LogP contribution in [-0.2, 0) is 39.8 Å². The van der Waals surface area contributed by atoms with Crippen molar-refractivity contribution in [1.82, 2.24) is 0 Å². The molecule has 2 bridgehead atoms. The molecule has 6 rings (SSSR count). The summed E-state index contributed by atoms with van der Waals surface area (Å²) in [5, 5.41) is 0. The summed E-state index contributed by atoms with van der Waals surface area (Å²) in [5.74, 6) is -1.11. The van der Waals surface area contributed by atoms with Crippen molar-refractivity contribution in [2.24, 2.45) is 0 Å². The molecule has 4 heterocycles. The molecule has 2 aromatic carbocycles. The Labute approximate surface area is 197 Å². The standard InChI is InChI=1S/C25H28O7S/c1-24(18-15-27-18)23-30-21-20(28-13-16-9-5-3-6-10-16)22(33-17-11-7-4-8-12-17)29-19(14-26-2)25(21,31-23)32-24/h3-12,18-23H,13-15H2,1-2H3/t18?,19-,20-,21-,22+,23+,24+,25+/m1/s1. The summed E-state index contributed by atoms with van der Waals surface area (Å²) >= 11 is 1.61. The number of ether oxygens (including phenoxy) is 7. The predicted molar refractivity (Wildman–Crippen MR) is 120 cm³/mol. The van der Waals surface area contributed by atoms with Gasteiger partial charge >= 0.3 is 0 Å². The summed E-state index contributed by atoms with van der Waals surface area (Å²) in [6.07, 6.45) is -1.96. The first-order valence-electron chi connectivity index (χ1n) is 11.3. The highest BCUT2D eigenvalue weighted by atomic mass is 32.2. The molecule has 8 atom stereocenters. The normalized spacial score (nSPS) is 41.2. The van der Waals surface area contributed by atoms with Crippen LogP contribution in [0.25, 0.3) is 0 Å². The molecule has 33 heavy (non-hydrogen) atoms. The van der Waals surface area contributed by atoms with Crippen molar-refractivity contribution in [2.45, 2.75) is 66.0 Å². The molecule has 176 valence electrons. The molecule has 7 nitrogen and oxygen atoms in total. The van der Waals surface area contributed by atoms with Crippen molar-refractivity contribution < 1.29 is 33.2 Å². The van der Waals surface area contributed by atoms with Crippen LogP contribution in [0.5, 0.6) is 0 Å². The fourth-order valence-corrected chi connectivity index (χ4v) is 6.02. The zero-order valence-electron chi connectivity index (χ0n) is 18.6. The second kappa shape index (κ2) is 8.62. The molecular formula is C25H28O7S. The van der Waals surface area contributed by atoms with Gasteiger partial charge in [0, 0.05) is 12.0 Å². The molecular weight excluding hydrogens is 444 g/mol. The molecule has 0 amide bonds. The molecule has 4 fully saturated rings. The van der Waals surface area contributed by atoms with Gasteiger partial charge in [-0.2, -0.15) is 0 Å². The zero-order valence-corrected chi connectivity index (χ0v) is 19.4. The fourth-order valence-electron chi connectivity index (χ4n) is 4.89. The molecule has 1 spiro atoms. The first kappa shape index (κ1) is 22.0. The van der Waals surface area contributed by atoms with Crippen molar-refractivity contribution in [2.75, 3.05) is 20.3 Å². The van der Waals surface area contributed by atoms with E-state index >= 15 is 0 Å². The van der Waals surface area contributed by atoms with Crippen LogP contribution in [0.3, 0.4) is 0 Å². The number of thioether (sulfide) groups is 1. The monoisotopic (exact) mass is 472 g/mol. The highest BCUT2D eigenvalue weighted by molar-refractivity contribution is 7.99. The summed E-state index contributed by atoms with van der Waals surface area (Å²) in [7, 11) is 1.65. The molecule has 4 saturated heterocycles. The number of hydrogen-bond donors (Lipinski definition) is 0. The SMILES string of the molecule is COC[C@H]1O[C@@H](Sc2ccccc2)[C@H](OCc2ccccc2)[C@H]2O[C@H]3O[C@@]21O[C@@]3(C)C1CO1. The van der Waals surface area contributed by atoms with E-state index in [1.54, 1.807) is 18.9 Å². The van der Waals surface area contributed by atoms with Crippen LogP contribution in [0.15, 0.2) is 65.6 Å². The minimum absolute atomic E-state index is 0.0499. The number of hydrogen-bond acceptors (Lipinski definition) is 8. The highest BCUT2D eigenvalue weighted by Crippen LogP contribution is 2.57. The second-order valence-corrected chi connectivity index (χ2v) is 10.1. The quantitative estimate of drug-likeness (QED) is 0.542. The first-order valence-corrected chi connectivity index (χ1v) is 12.2. The van der Waals surface area contributed by atoms with Crippen LogP contribution >= 0.6 is 11.8 Å². The van der Waals surface area contributed by atoms with Gasteiger partial charge in [-0.15, -0.1) is 0 Å². The third kappa shape index (κ3) is 3.83. The van der Waals surface area contributed by atoms with Gasteiger partial charge in [0.2, 0.25) is 5.79 Å². The Hall–Kier alpha value is -1.49. The van der Waals surface area contributed by atoms with Gasteiger partial charge in [-0.3, -0.25) is 0 Å². The average molecular weight is 473 g/mol. The van der Waals surface area contributed by atoms with E-state index < -0.39 is 36.0 Å². The van der Waals surface area contributed by atoms with Crippen LogP contribution in [0, 0.1) is 0 Å². The zero-order chi connectivity index (χ0) is 22.5. The van der Waals surface area contributed by atoms with Gasteiger partial charge in [-0.25, -0.2) is 0 Å². The lowest BCUT2D eigenvalue weighted by Crippen LogP contribution is -2.69. The minimum atomic E-state index is -1.11. The molecule has 1 unspecified atom stereocenters. The average Bonchev–Trinajstić information content (AvgIpc) is 3.57. The van der Waals surface area contributed by atoms with Crippen LogP contribution in [-0.4, -0.2) is 67.9 Å². The molecule has 0 saturated carbocycles. The summed E-state index contributed by atoms with van der Waals surface area (Å²) in [6.45, 7) is 3.36. The third-order valence-electron chi connectivity index (χ3n) is 6.69. The Kier molecular flexibility index (Phi) is 5.75. The van der Waals surface area contributed by atoms with E-state index in [1.165, 1.54) is 0 Å². The van der Waals surface area contributed by atoms with Crippen molar-refractivity contribution >= 4 is 11.8 Å². The lowest BCUT2D eigenvalue weighted by Gasteiger charge is -2.50. The van der Waals surface area contributed by atoms with E-state index in [2.05, 4.69) is 12.1 Å². The lowest BCUT2D eigenvalue weighted by molar-refractivity contribution is -0.341. The predicted octanol–water partition coefficient (Wildman–Crippen LogP) is 3.36. The Balaban J connectivity index is 1.31. The number of rotatable bonds is 8. The van der Waals surface area contributed by atoms with Gasteiger partial charge in [0.15, 0.2) is 6.29 Å². The maximum atomic E-state index is 6.64.